The van der Waals surface area contributed by atoms with Gasteiger partial charge >= 0.3 is 5.97 Å². The van der Waals surface area contributed by atoms with E-state index >= 15 is 9.59 Å². The van der Waals surface area contributed by atoms with Crippen LogP contribution in [0.25, 0.3) is 11.0 Å². The molecule has 0 radical (unpaired) electrons. The number of halogens is 1. The Morgan fingerprint density at radius 2 is 1.70 bits per heavy atom. The van der Waals surface area contributed by atoms with Crippen molar-refractivity contribution in [1.82, 2.24) is 30.1 Å². The highest BCUT2D eigenvalue weighted by Crippen LogP contribution is 2.59. The summed E-state index contributed by atoms with van der Waals surface area (Å²) in [4.78, 5) is 61.7. The molecular weight excluding hydrogens is 796 g/mol. The summed E-state index contributed by atoms with van der Waals surface area (Å²) in [6, 6.07) is 22.9. The Morgan fingerprint density at radius 3 is 2.46 bits per heavy atom. The van der Waals surface area contributed by atoms with E-state index in [1.807, 2.05) is 66.7 Å². The second-order valence-electron chi connectivity index (χ2n) is 14.8. The van der Waals surface area contributed by atoms with Gasteiger partial charge in [-0.2, -0.15) is 0 Å². The van der Waals surface area contributed by atoms with E-state index in [-0.39, 0.29) is 38.6 Å². The Labute approximate surface area is 337 Å². The zero-order valence-electron chi connectivity index (χ0n) is 31.2. The molecule has 3 aromatic carbocycles. The largest absolute Gasteiger partial charge is 0.455 e. The number of allylic oxidation sites excluding steroid dienone is 1. The van der Waals surface area contributed by atoms with Gasteiger partial charge in [-0.15, -0.1) is 5.10 Å². The maximum atomic E-state index is 15.4. The summed E-state index contributed by atoms with van der Waals surface area (Å²) in [7, 11) is 1.50. The molecule has 2 saturated heterocycles. The molecule has 1 spiro atoms. The number of nitrogens with zero attached hydrogens (tertiary/aromatic N) is 5. The maximum Gasteiger partial charge on any atom is 0.313 e. The van der Waals surface area contributed by atoms with E-state index in [0.717, 1.165) is 5.56 Å². The molecule has 14 nitrogen and oxygen atoms in total. The van der Waals surface area contributed by atoms with Gasteiger partial charge in [0, 0.05) is 24.6 Å². The van der Waals surface area contributed by atoms with Crippen molar-refractivity contribution in [1.29, 1.82) is 0 Å². The third-order valence-corrected chi connectivity index (χ3v) is 12.0. The van der Waals surface area contributed by atoms with Crippen molar-refractivity contribution in [3.05, 3.63) is 119 Å². The first-order valence-corrected chi connectivity index (χ1v) is 19.8. The van der Waals surface area contributed by atoms with Crippen molar-refractivity contribution in [3.8, 4) is 0 Å². The first-order chi connectivity index (χ1) is 27.7. The highest BCUT2D eigenvalue weighted by atomic mass is 79.9. The zero-order chi connectivity index (χ0) is 39.7. The fourth-order valence-corrected chi connectivity index (χ4v) is 9.47. The number of hydrogen-bond donors (Lipinski definition) is 2. The number of methoxy groups -OCH3 is 1. The summed E-state index contributed by atoms with van der Waals surface area (Å²) in [5.74, 6) is -4.36. The molecule has 2 N–H and O–H groups in total. The molecule has 57 heavy (non-hydrogen) atoms. The van der Waals surface area contributed by atoms with E-state index in [4.69, 9.17) is 14.2 Å². The van der Waals surface area contributed by atoms with Gasteiger partial charge < -0.3 is 34.4 Å². The van der Waals surface area contributed by atoms with Gasteiger partial charge in [-0.3, -0.25) is 19.2 Å². The van der Waals surface area contributed by atoms with Gasteiger partial charge in [0.15, 0.2) is 0 Å². The van der Waals surface area contributed by atoms with Crippen molar-refractivity contribution in [2.24, 2.45) is 11.8 Å². The van der Waals surface area contributed by atoms with Crippen LogP contribution in [0.4, 0.5) is 0 Å². The molecule has 1 aromatic heterocycles. The number of para-hydroxylation sites is 1. The molecule has 5 heterocycles. The fraction of sp³-hybridized carbons (Fsp3) is 0.381. The van der Waals surface area contributed by atoms with Crippen LogP contribution in [0.15, 0.2) is 108 Å². The molecule has 3 amide bonds. The summed E-state index contributed by atoms with van der Waals surface area (Å²) >= 11 is 3.63. The number of ether oxygens (including phenoxy) is 3. The van der Waals surface area contributed by atoms with Gasteiger partial charge in [0.05, 0.1) is 36.7 Å². The van der Waals surface area contributed by atoms with E-state index in [0.29, 0.717) is 27.5 Å². The number of benzene rings is 3. The van der Waals surface area contributed by atoms with Crippen molar-refractivity contribution in [3.63, 3.8) is 0 Å². The summed E-state index contributed by atoms with van der Waals surface area (Å²) in [5, 5.41) is 22.7. The summed E-state index contributed by atoms with van der Waals surface area (Å²) in [6.07, 6.45) is 4.14. The lowest BCUT2D eigenvalue weighted by atomic mass is 9.74. The summed E-state index contributed by atoms with van der Waals surface area (Å²) in [5.41, 5.74) is 1.20. The van der Waals surface area contributed by atoms with Gasteiger partial charge in [-0.25, -0.2) is 4.68 Å². The minimum absolute atomic E-state index is 0.0306. The van der Waals surface area contributed by atoms with E-state index in [1.54, 1.807) is 46.0 Å². The Bertz CT molecular complexity index is 2200. The first-order valence-electron chi connectivity index (χ1n) is 19.0. The van der Waals surface area contributed by atoms with E-state index in [1.165, 1.54) is 12.0 Å². The molecule has 0 aliphatic carbocycles. The Hall–Kier alpha value is -5.22. The third kappa shape index (κ3) is 7.17. The number of hydrogen-bond acceptors (Lipinski definition) is 10. The van der Waals surface area contributed by atoms with Gasteiger partial charge in [0.25, 0.3) is 5.91 Å². The standard InChI is InChI=1S/C42H43BrN6O8/c1-55-24-31-36(27-15-7-3-8-16-27)56-41(54)34-35-39(52)49(28(23-50)21-26-13-5-2-6-14-26)38(42(35)22-29(43)37(34)57-42)40(53)47(20-12-4-9-19-33(51)44-31)25-48-32-18-11-10-17-30(32)45-46-48/h2-8,10-18,22,28,31,34-38,50H,9,19-21,23-25H2,1H3,(H,44,51)/b12-4-/t28-,31+,34-,35+,36+,37-,38-,42+/m1/s1. The number of carbonyl (C=O) groups is 4. The predicted octanol–water partition coefficient (Wildman–Crippen LogP) is 3.46. The number of aliphatic hydroxyl groups is 1. The van der Waals surface area contributed by atoms with Crippen molar-refractivity contribution in [2.45, 2.75) is 61.9 Å². The summed E-state index contributed by atoms with van der Waals surface area (Å²) < 4.78 is 20.8. The van der Waals surface area contributed by atoms with Crippen LogP contribution in [0, 0.1) is 11.8 Å². The van der Waals surface area contributed by atoms with Crippen molar-refractivity contribution >= 4 is 50.7 Å². The SMILES string of the molecule is COC[C@@H]1NC(=O)CC/C=C\CN(Cn2nnc3ccccc32)C(=O)[C@H]2N([C@@H](CO)Cc3ccccc3)C(=O)[C@@H]3[C@@H](C(=O)O[C@H]1c1ccccc1)[C@@H]1O[C@@]32C=C1Br. The number of esters is 1. The molecule has 4 aliphatic heterocycles. The number of aromatic nitrogens is 3. The number of aliphatic hydroxyl groups excluding tert-OH is 1. The van der Waals surface area contributed by atoms with Crippen molar-refractivity contribution < 1.29 is 38.5 Å². The van der Waals surface area contributed by atoms with Crippen molar-refractivity contribution in [2.75, 3.05) is 26.9 Å². The summed E-state index contributed by atoms with van der Waals surface area (Å²) in [6.45, 7) is -0.386. The van der Waals surface area contributed by atoms with Crippen LogP contribution in [-0.2, 0) is 46.5 Å². The number of cyclic esters (lactones) is 1. The quantitative estimate of drug-likeness (QED) is 0.189. The molecule has 5 bridgehead atoms. The monoisotopic (exact) mass is 838 g/mol. The minimum Gasteiger partial charge on any atom is -0.455 e. The molecular formula is C42H43BrN6O8. The lowest BCUT2D eigenvalue weighted by Gasteiger charge is -2.38. The van der Waals surface area contributed by atoms with Crippen LogP contribution < -0.4 is 5.32 Å². The van der Waals surface area contributed by atoms with Crippen LogP contribution in [0.1, 0.15) is 30.1 Å². The normalized spacial score (nSPS) is 28.9. The predicted molar refractivity (Wildman–Crippen MR) is 210 cm³/mol. The van der Waals surface area contributed by atoms with Crippen LogP contribution >= 0.6 is 15.9 Å². The van der Waals surface area contributed by atoms with Crippen LogP contribution in [0.5, 0.6) is 0 Å². The average Bonchev–Trinajstić information content (AvgIpc) is 3.95. The van der Waals surface area contributed by atoms with Gasteiger partial charge in [-0.05, 0) is 42.2 Å². The van der Waals surface area contributed by atoms with Gasteiger partial charge in [0.1, 0.15) is 42.0 Å². The van der Waals surface area contributed by atoms with Crippen LogP contribution in [0.3, 0.4) is 0 Å². The number of likely N-dealkylation sites (tertiary alicyclic amines) is 1. The van der Waals surface area contributed by atoms with Crippen LogP contribution in [0.2, 0.25) is 0 Å². The fourth-order valence-electron chi connectivity index (χ4n) is 8.74. The lowest BCUT2D eigenvalue weighted by molar-refractivity contribution is -0.163. The van der Waals surface area contributed by atoms with E-state index in [9.17, 15) is 14.7 Å². The Morgan fingerprint density at radius 1 is 0.965 bits per heavy atom. The molecule has 0 unspecified atom stereocenters. The molecule has 8 atom stereocenters. The number of nitrogens with one attached hydrogen (secondary N) is 1. The molecule has 15 heteroatoms. The molecule has 8 rings (SSSR count). The minimum atomic E-state index is -1.60. The number of rotatable bonds is 9. The van der Waals surface area contributed by atoms with E-state index < -0.39 is 72.2 Å². The third-order valence-electron chi connectivity index (χ3n) is 11.3. The van der Waals surface area contributed by atoms with Gasteiger partial charge in [-0.1, -0.05) is 106 Å². The molecule has 0 saturated carbocycles. The topological polar surface area (TPSA) is 165 Å². The Balaban J connectivity index is 1.25. The first kappa shape index (κ1) is 38.6. The molecule has 4 aromatic rings. The Kier molecular flexibility index (Phi) is 11.1. The second-order valence-corrected chi connectivity index (χ2v) is 15.7. The second kappa shape index (κ2) is 16.3. The lowest BCUT2D eigenvalue weighted by Crippen LogP contribution is -2.59. The number of carbonyl (C=O) groups excluding carboxylic acids is 4. The number of amides is 3. The smallest absolute Gasteiger partial charge is 0.313 e. The molecule has 4 aliphatic rings. The molecule has 296 valence electrons. The maximum absolute atomic E-state index is 15.4. The average molecular weight is 840 g/mol. The highest BCUT2D eigenvalue weighted by Gasteiger charge is 2.75. The van der Waals surface area contributed by atoms with Crippen LogP contribution in [-0.4, -0.2) is 110 Å². The highest BCUT2D eigenvalue weighted by molar-refractivity contribution is 9.11. The molecule has 2 fully saturated rings. The van der Waals surface area contributed by atoms with Gasteiger partial charge in [0.2, 0.25) is 11.8 Å². The zero-order valence-corrected chi connectivity index (χ0v) is 32.8. The van der Waals surface area contributed by atoms with E-state index in [2.05, 4.69) is 31.6 Å². The number of fused-ring (bicyclic) bond motifs is 3.